The number of rotatable bonds is 0. The smallest absolute Gasteiger partial charge is 0.351 e. The number of fused-ring (bicyclic) bond motifs is 4. The molecule has 1 aromatic rings. The molecule has 2 fully saturated rings. The maximum Gasteiger partial charge on any atom is 0.417 e. The zero-order valence-corrected chi connectivity index (χ0v) is 17.3. The van der Waals surface area contributed by atoms with E-state index in [1.165, 1.54) is 17.5 Å². The topological polar surface area (TPSA) is 46.8 Å². The van der Waals surface area contributed by atoms with Gasteiger partial charge in [0.25, 0.3) is 0 Å². The van der Waals surface area contributed by atoms with Crippen molar-refractivity contribution in [2.75, 3.05) is 31.2 Å². The molecular weight excluding hydrogens is 417 g/mol. The quantitative estimate of drug-likeness (QED) is 0.611. The van der Waals surface area contributed by atoms with Crippen LogP contribution in [0.5, 0.6) is 0 Å². The summed E-state index contributed by atoms with van der Waals surface area (Å²) in [7, 11) is 0. The summed E-state index contributed by atoms with van der Waals surface area (Å²) < 4.78 is 40.4. The van der Waals surface area contributed by atoms with E-state index in [-0.39, 0.29) is 16.8 Å². The predicted octanol–water partition coefficient (Wildman–Crippen LogP) is 4.17. The van der Waals surface area contributed by atoms with Gasteiger partial charge < -0.3 is 4.90 Å². The van der Waals surface area contributed by atoms with Crippen molar-refractivity contribution in [2.24, 2.45) is 15.1 Å². The van der Waals surface area contributed by atoms with E-state index in [1.807, 2.05) is 6.92 Å². The van der Waals surface area contributed by atoms with E-state index in [1.54, 1.807) is 6.21 Å². The molecule has 10 heteroatoms. The van der Waals surface area contributed by atoms with Crippen LogP contribution in [0.2, 0.25) is 5.02 Å². The fourth-order valence-electron chi connectivity index (χ4n) is 4.57. The molecule has 2 saturated heterocycles. The number of nitrogens with zero attached hydrogens (tertiary/aromatic N) is 6. The number of hydrogen-bond acceptors (Lipinski definition) is 6. The lowest BCUT2D eigenvalue weighted by atomic mass is 10.1. The minimum atomic E-state index is -4.56. The molecule has 0 aliphatic carbocycles. The Bertz CT molecular complexity index is 957. The molecule has 6 nitrogen and oxygen atoms in total. The lowest BCUT2D eigenvalue weighted by Gasteiger charge is -2.41. The number of amidine groups is 2. The summed E-state index contributed by atoms with van der Waals surface area (Å²) in [5, 5.41) is 5.58. The number of anilines is 1. The fraction of sp³-hybridized carbons (Fsp3) is 0.550. The van der Waals surface area contributed by atoms with Crippen LogP contribution in [0.4, 0.5) is 24.5 Å². The first-order valence-electron chi connectivity index (χ1n) is 10.2. The van der Waals surface area contributed by atoms with Crippen molar-refractivity contribution in [1.82, 2.24) is 9.80 Å². The Morgan fingerprint density at radius 2 is 1.97 bits per heavy atom. The summed E-state index contributed by atoms with van der Waals surface area (Å²) in [6, 6.07) is 2.74. The summed E-state index contributed by atoms with van der Waals surface area (Å²) in [6.45, 7) is 5.65. The number of hydrazone groups is 1. The standard InChI is InChI=1S/C20H22ClF3N6/c1-12-4-5-25-30-17-9-14(20(22,23)24)15(21)10-16(17)27-18(19(30)26-12)29-8-7-28-6-2-3-13(28)11-29/h5,9-10,12-13H,2-4,6-8,11H2,1H3. The summed E-state index contributed by atoms with van der Waals surface area (Å²) >= 11 is 5.99. The summed E-state index contributed by atoms with van der Waals surface area (Å²) in [5.41, 5.74) is -0.269. The minimum absolute atomic E-state index is 0.0392. The average molecular weight is 439 g/mol. The van der Waals surface area contributed by atoms with Crippen LogP contribution in [-0.4, -0.2) is 65.9 Å². The summed E-state index contributed by atoms with van der Waals surface area (Å²) in [6.07, 6.45) is 0.0857. The van der Waals surface area contributed by atoms with Crippen LogP contribution < -0.4 is 5.01 Å². The lowest BCUT2D eigenvalue weighted by Crippen LogP contribution is -2.56. The van der Waals surface area contributed by atoms with Gasteiger partial charge in [-0.2, -0.15) is 18.3 Å². The number of halogens is 4. The largest absolute Gasteiger partial charge is 0.417 e. The van der Waals surface area contributed by atoms with Crippen molar-refractivity contribution in [3.05, 3.63) is 22.7 Å². The van der Waals surface area contributed by atoms with Crippen LogP contribution >= 0.6 is 11.6 Å². The Balaban J connectivity index is 1.62. The fourth-order valence-corrected chi connectivity index (χ4v) is 4.83. The highest BCUT2D eigenvalue weighted by molar-refractivity contribution is 6.47. The van der Waals surface area contributed by atoms with E-state index in [2.05, 4.69) is 14.9 Å². The highest BCUT2D eigenvalue weighted by Crippen LogP contribution is 2.44. The van der Waals surface area contributed by atoms with Gasteiger partial charge in [-0.05, 0) is 38.4 Å². The second-order valence-corrected chi connectivity index (χ2v) is 8.59. The highest BCUT2D eigenvalue weighted by atomic mass is 35.5. The molecular formula is C20H22ClF3N6. The third kappa shape index (κ3) is 3.37. The molecule has 0 saturated carbocycles. The SMILES string of the molecule is CC1CC=NN2C(=N1)C(N1CCN3CCCC3C1)=Nc1cc(Cl)c(C(F)(F)F)cc12. The van der Waals surface area contributed by atoms with E-state index >= 15 is 0 Å². The number of alkyl halides is 3. The van der Waals surface area contributed by atoms with E-state index in [9.17, 15) is 13.2 Å². The van der Waals surface area contributed by atoms with Gasteiger partial charge in [-0.1, -0.05) is 11.6 Å². The molecule has 5 rings (SSSR count). The van der Waals surface area contributed by atoms with Crippen LogP contribution in [0.1, 0.15) is 31.7 Å². The molecule has 1 aromatic carbocycles. The molecule has 160 valence electrons. The maximum atomic E-state index is 13.5. The van der Waals surface area contributed by atoms with Crippen LogP contribution in [-0.2, 0) is 6.18 Å². The van der Waals surface area contributed by atoms with Gasteiger partial charge in [0.05, 0.1) is 28.0 Å². The van der Waals surface area contributed by atoms with Crippen molar-refractivity contribution < 1.29 is 13.2 Å². The van der Waals surface area contributed by atoms with Crippen LogP contribution in [0.25, 0.3) is 0 Å². The van der Waals surface area contributed by atoms with Gasteiger partial charge in [-0.15, -0.1) is 0 Å². The molecule has 2 atom stereocenters. The molecule has 2 unspecified atom stereocenters. The normalized spacial score (nSPS) is 26.6. The van der Waals surface area contributed by atoms with Crippen LogP contribution in [0.3, 0.4) is 0 Å². The summed E-state index contributed by atoms with van der Waals surface area (Å²) in [5.74, 6) is 1.17. The Hall–Kier alpha value is -2.13. The van der Waals surface area contributed by atoms with E-state index in [4.69, 9.17) is 21.6 Å². The van der Waals surface area contributed by atoms with Crippen LogP contribution in [0, 0.1) is 0 Å². The van der Waals surface area contributed by atoms with Gasteiger partial charge >= 0.3 is 6.18 Å². The van der Waals surface area contributed by atoms with Gasteiger partial charge in [0.1, 0.15) is 0 Å². The lowest BCUT2D eigenvalue weighted by molar-refractivity contribution is -0.137. The number of hydrogen-bond donors (Lipinski definition) is 0. The molecule has 0 amide bonds. The number of benzene rings is 1. The Labute approximate surface area is 177 Å². The minimum Gasteiger partial charge on any atom is -0.351 e. The second-order valence-electron chi connectivity index (χ2n) is 8.18. The van der Waals surface area contributed by atoms with Gasteiger partial charge in [0, 0.05) is 38.3 Å². The van der Waals surface area contributed by atoms with Gasteiger partial charge in [0.2, 0.25) is 0 Å². The third-order valence-corrected chi connectivity index (χ3v) is 6.41. The zero-order valence-electron chi connectivity index (χ0n) is 16.5. The third-order valence-electron chi connectivity index (χ3n) is 6.10. The predicted molar refractivity (Wildman–Crippen MR) is 112 cm³/mol. The monoisotopic (exact) mass is 438 g/mol. The van der Waals surface area contributed by atoms with Crippen molar-refractivity contribution in [3.63, 3.8) is 0 Å². The van der Waals surface area contributed by atoms with Crippen molar-refractivity contribution >= 4 is 40.9 Å². The molecule has 30 heavy (non-hydrogen) atoms. The molecule has 4 aliphatic rings. The maximum absolute atomic E-state index is 13.5. The number of piperazine rings is 1. The van der Waals surface area contributed by atoms with Gasteiger partial charge in [-0.3, -0.25) is 9.89 Å². The van der Waals surface area contributed by atoms with Crippen LogP contribution in [0.15, 0.2) is 27.2 Å². The molecule has 0 N–H and O–H groups in total. The van der Waals surface area contributed by atoms with Gasteiger partial charge in [-0.25, -0.2) is 10.0 Å². The van der Waals surface area contributed by atoms with E-state index in [0.717, 1.165) is 38.7 Å². The number of aliphatic imine (C=N–C) groups is 2. The van der Waals surface area contributed by atoms with Crippen molar-refractivity contribution in [1.29, 1.82) is 0 Å². The van der Waals surface area contributed by atoms with Crippen molar-refractivity contribution in [2.45, 2.75) is 44.4 Å². The Morgan fingerprint density at radius 1 is 1.13 bits per heavy atom. The second kappa shape index (κ2) is 7.23. The van der Waals surface area contributed by atoms with Crippen molar-refractivity contribution in [3.8, 4) is 0 Å². The summed E-state index contributed by atoms with van der Waals surface area (Å²) in [4.78, 5) is 14.2. The molecule has 0 spiro atoms. The van der Waals surface area contributed by atoms with Gasteiger partial charge in [0.15, 0.2) is 11.7 Å². The molecule has 0 bridgehead atoms. The average Bonchev–Trinajstić information content (AvgIpc) is 3.06. The first kappa shape index (κ1) is 19.8. The molecule has 0 aromatic heterocycles. The first-order valence-corrected chi connectivity index (χ1v) is 10.6. The first-order chi connectivity index (χ1) is 14.3. The molecule has 0 radical (unpaired) electrons. The highest BCUT2D eigenvalue weighted by Gasteiger charge is 2.40. The van der Waals surface area contributed by atoms with E-state index in [0.29, 0.717) is 29.8 Å². The Morgan fingerprint density at radius 3 is 2.77 bits per heavy atom. The molecule has 4 heterocycles. The Kier molecular flexibility index (Phi) is 4.77. The van der Waals surface area contributed by atoms with E-state index < -0.39 is 11.7 Å². The molecule has 4 aliphatic heterocycles. The zero-order chi connectivity index (χ0) is 21.0.